The highest BCUT2D eigenvalue weighted by atomic mass is 16.8. The lowest BCUT2D eigenvalue weighted by molar-refractivity contribution is -0.835. The topological polar surface area (TPSA) is 201 Å². The number of hydrogen-bond acceptors (Lipinski definition) is 11. The number of phenolic OH excluding ortho intramolecular Hbond substituents is 1. The number of aromatic nitrogens is 2. The number of rotatable bonds is 10. The van der Waals surface area contributed by atoms with Crippen molar-refractivity contribution in [2.45, 2.75) is 91.7 Å². The van der Waals surface area contributed by atoms with Gasteiger partial charge in [0, 0.05) is 88.0 Å². The molecule has 2 fully saturated rings. The molecule has 2 aromatic heterocycles. The van der Waals surface area contributed by atoms with E-state index < -0.39 is 35.3 Å². The number of pyridine rings is 1. The molecule has 2 saturated heterocycles. The number of amides is 4. The van der Waals surface area contributed by atoms with Crippen molar-refractivity contribution in [3.8, 4) is 28.1 Å². The fraction of sp³-hybridized carbons (Fsp3) is 0.468. The fourth-order valence-electron chi connectivity index (χ4n) is 8.81. The molecule has 0 spiro atoms. The minimum Gasteiger partial charge on any atom is -0.508 e. The first-order valence-corrected chi connectivity index (χ1v) is 21.8. The largest absolute Gasteiger partial charge is 0.508 e. The fourth-order valence-corrected chi connectivity index (χ4v) is 8.81. The lowest BCUT2D eigenvalue weighted by atomic mass is 9.84. The Bertz CT molecular complexity index is 2510. The predicted octanol–water partition coefficient (Wildman–Crippen LogP) is 4.20. The Balaban J connectivity index is 1.31. The molecule has 4 amide bonds. The van der Waals surface area contributed by atoms with Gasteiger partial charge in [-0.2, -0.15) is 5.43 Å². The van der Waals surface area contributed by atoms with Crippen molar-refractivity contribution in [1.82, 2.24) is 40.4 Å². The highest BCUT2D eigenvalue weighted by Gasteiger charge is 2.40. The minimum atomic E-state index is -1.22. The minimum absolute atomic E-state index is 0.0218. The monoisotopic (exact) mass is 878 g/mol. The van der Waals surface area contributed by atoms with Gasteiger partial charge in [0.15, 0.2) is 6.61 Å². The van der Waals surface area contributed by atoms with Crippen LogP contribution in [0.15, 0.2) is 66.1 Å². The number of fused-ring (bicyclic) bond motifs is 6. The maximum Gasteiger partial charge on any atom is 0.326 e. The summed E-state index contributed by atoms with van der Waals surface area (Å²) in [7, 11) is 4.66. The SMILES string of the molecule is CCn1c(-c2cnccc2COC)c2c3cc(ccc31)-c1cc(O)cc(c1)C[C@H](NC(=O)C(=C(C)C)N(C)C(=O)CN(C)C(=O)C1CN1)C(=O)N1CCC[C@H](N1)[N+](=O)OCC(C)(C)C2. The van der Waals surface area contributed by atoms with E-state index in [0.29, 0.717) is 60.6 Å². The Labute approximate surface area is 373 Å². The van der Waals surface area contributed by atoms with Gasteiger partial charge in [0.05, 0.1) is 29.8 Å². The van der Waals surface area contributed by atoms with Crippen molar-refractivity contribution in [3.05, 3.63) is 87.7 Å². The van der Waals surface area contributed by atoms with Gasteiger partial charge in [-0.25, -0.2) is 4.84 Å². The molecule has 6 bridgehead atoms. The smallest absolute Gasteiger partial charge is 0.326 e. The first kappa shape index (κ1) is 45.8. The number of nitrogens with one attached hydrogen (secondary N) is 3. The van der Waals surface area contributed by atoms with Crippen LogP contribution in [0.5, 0.6) is 5.75 Å². The molecule has 0 radical (unpaired) electrons. The van der Waals surface area contributed by atoms with Crippen LogP contribution in [0.4, 0.5) is 0 Å². The maximum atomic E-state index is 14.6. The van der Waals surface area contributed by atoms with Crippen molar-refractivity contribution in [2.75, 3.05) is 47.4 Å². The van der Waals surface area contributed by atoms with Crippen molar-refractivity contribution in [3.63, 3.8) is 0 Å². The molecule has 7 rings (SSSR count). The van der Waals surface area contributed by atoms with E-state index in [-0.39, 0.29) is 49.5 Å². The molecule has 17 nitrogen and oxygen atoms in total. The number of methoxy groups -OCH3 is 1. The second-order valence-corrected chi connectivity index (χ2v) is 18.0. The van der Waals surface area contributed by atoms with Gasteiger partial charge in [-0.05, 0) is 97.3 Å². The number of hydrogen-bond donors (Lipinski definition) is 4. The molecule has 3 aliphatic heterocycles. The van der Waals surface area contributed by atoms with Gasteiger partial charge in [0.25, 0.3) is 11.8 Å². The molecule has 1 unspecified atom stereocenters. The third-order valence-corrected chi connectivity index (χ3v) is 12.1. The van der Waals surface area contributed by atoms with Crippen LogP contribution in [0, 0.1) is 10.3 Å². The summed E-state index contributed by atoms with van der Waals surface area (Å²) in [4.78, 5) is 82.4. The zero-order chi connectivity index (χ0) is 46.0. The van der Waals surface area contributed by atoms with Crippen LogP contribution < -0.4 is 16.1 Å². The molecule has 2 aromatic carbocycles. The number of allylic oxidation sites excluding steroid dienone is 1. The number of nitrogens with zero attached hydrogens (tertiary/aromatic N) is 6. The number of carbonyl (C=O) groups is 4. The number of likely N-dealkylation sites (N-methyl/N-ethyl adjacent to an activating group) is 2. The van der Waals surface area contributed by atoms with Crippen molar-refractivity contribution in [1.29, 1.82) is 0 Å². The molecule has 3 aliphatic rings. The van der Waals surface area contributed by atoms with Crippen LogP contribution in [-0.4, -0.2) is 124 Å². The zero-order valence-electron chi connectivity index (χ0n) is 38.0. The first-order chi connectivity index (χ1) is 30.5. The normalized spacial score (nSPS) is 19.6. The summed E-state index contributed by atoms with van der Waals surface area (Å²) in [6.07, 6.45) is 4.06. The van der Waals surface area contributed by atoms with Gasteiger partial charge in [-0.1, -0.05) is 26.0 Å². The number of aromatic hydroxyl groups is 1. The molecular weight excluding hydrogens is 819 g/mol. The van der Waals surface area contributed by atoms with E-state index in [1.54, 1.807) is 39.3 Å². The first-order valence-electron chi connectivity index (χ1n) is 21.8. The van der Waals surface area contributed by atoms with Gasteiger partial charge in [-0.3, -0.25) is 29.2 Å². The Hall–Kier alpha value is -6.17. The Morgan fingerprint density at radius 2 is 1.88 bits per heavy atom. The van der Waals surface area contributed by atoms with E-state index in [4.69, 9.17) is 9.57 Å². The van der Waals surface area contributed by atoms with E-state index in [9.17, 15) is 29.2 Å². The van der Waals surface area contributed by atoms with Gasteiger partial charge in [0.1, 0.15) is 17.5 Å². The summed E-state index contributed by atoms with van der Waals surface area (Å²) in [5, 5.41) is 19.4. The lowest BCUT2D eigenvalue weighted by Crippen LogP contribution is -2.61. The maximum absolute atomic E-state index is 14.6. The van der Waals surface area contributed by atoms with Gasteiger partial charge < -0.3 is 34.8 Å². The number of hydrazine groups is 1. The van der Waals surface area contributed by atoms with E-state index in [1.807, 2.05) is 24.4 Å². The highest BCUT2D eigenvalue weighted by Crippen LogP contribution is 2.41. The highest BCUT2D eigenvalue weighted by molar-refractivity contribution is 6.01. The predicted molar refractivity (Wildman–Crippen MR) is 240 cm³/mol. The molecule has 17 heteroatoms. The van der Waals surface area contributed by atoms with E-state index in [1.165, 1.54) is 28.9 Å². The Morgan fingerprint density at radius 1 is 1.11 bits per heavy atom. The van der Waals surface area contributed by atoms with Crippen LogP contribution in [-0.2, 0) is 54.7 Å². The summed E-state index contributed by atoms with van der Waals surface area (Å²) in [5.41, 5.74) is 10.0. The molecule has 0 aliphatic carbocycles. The summed E-state index contributed by atoms with van der Waals surface area (Å²) < 4.78 is 7.89. The third kappa shape index (κ3) is 9.81. The molecule has 4 aromatic rings. The Kier molecular flexibility index (Phi) is 13.5. The zero-order valence-corrected chi connectivity index (χ0v) is 38.0. The average Bonchev–Trinajstić information content (AvgIpc) is 4.07. The lowest BCUT2D eigenvalue weighted by Gasteiger charge is -2.33. The Morgan fingerprint density at radius 3 is 2.58 bits per heavy atom. The molecular formula is C47H60N9O8+. The van der Waals surface area contributed by atoms with Crippen LogP contribution in [0.2, 0.25) is 0 Å². The van der Waals surface area contributed by atoms with Crippen LogP contribution >= 0.6 is 0 Å². The van der Waals surface area contributed by atoms with Crippen molar-refractivity contribution >= 4 is 34.5 Å². The van der Waals surface area contributed by atoms with Gasteiger partial charge in [0.2, 0.25) is 16.7 Å². The van der Waals surface area contributed by atoms with Gasteiger partial charge >= 0.3 is 6.17 Å². The number of benzene rings is 2. The van der Waals surface area contributed by atoms with E-state index in [0.717, 1.165) is 38.9 Å². The van der Waals surface area contributed by atoms with E-state index >= 15 is 0 Å². The van der Waals surface area contributed by atoms with Crippen LogP contribution in [0.3, 0.4) is 0 Å². The van der Waals surface area contributed by atoms with Crippen LogP contribution in [0.25, 0.3) is 33.3 Å². The summed E-state index contributed by atoms with van der Waals surface area (Å²) in [6.45, 7) is 11.2. The molecule has 4 N–H and O–H groups in total. The molecule has 3 atom stereocenters. The van der Waals surface area contributed by atoms with Crippen LogP contribution in [0.1, 0.15) is 64.2 Å². The quantitative estimate of drug-likeness (QED) is 0.132. The number of carbonyl (C=O) groups excluding carboxylic acids is 4. The molecule has 64 heavy (non-hydrogen) atoms. The number of phenols is 1. The van der Waals surface area contributed by atoms with Gasteiger partial charge in [-0.15, -0.1) is 0 Å². The number of ether oxygens (including phenoxy) is 1. The summed E-state index contributed by atoms with van der Waals surface area (Å²) in [6, 6.07) is 11.7. The standard InChI is InChI=1S/C47H59N9O8/c1-9-54-39-13-12-30-21-34(39)35(43(54)36-23-48-15-14-31(36)26-63-8)22-47(4,5)27-64-56(62)40-11-10-16-55(51-40)46(61)37(19-29-17-32(30)20-33(57)18-29)50-44(59)42(28(2)3)53(7)41(58)25-52(6)45(60)38-24-49-38/h12-15,17-18,20-21,23,37-38,40,49,51H,9-11,16,19,22,24-27H2,1-8H3,(H-,50,57,59)/p+1/t37-,38?,40+/m0/s1. The number of aryl methyl sites for hydroxylation is 1. The second kappa shape index (κ2) is 18.9. The molecule has 0 saturated carbocycles. The van der Waals surface area contributed by atoms with Crippen molar-refractivity contribution < 1.29 is 38.8 Å². The summed E-state index contributed by atoms with van der Waals surface area (Å²) in [5.74, 6) is -1.95. The molecule has 5 heterocycles. The second-order valence-electron chi connectivity index (χ2n) is 18.0. The van der Waals surface area contributed by atoms with Crippen molar-refractivity contribution in [2.24, 2.45) is 5.41 Å². The third-order valence-electron chi connectivity index (χ3n) is 12.1. The summed E-state index contributed by atoms with van der Waals surface area (Å²) >= 11 is 0. The average molecular weight is 879 g/mol. The molecule has 340 valence electrons. The van der Waals surface area contributed by atoms with E-state index in [2.05, 4.69) is 58.5 Å².